The number of hydrogen-bond donors (Lipinski definition) is 0. The Morgan fingerprint density at radius 1 is 0.435 bits per heavy atom. The molecule has 13 heteroatoms. The van der Waals surface area contributed by atoms with Crippen LogP contribution in [-0.2, 0) is 66.8 Å². The maximum atomic E-state index is 7.50. The second-order valence-corrected chi connectivity index (χ2v) is 4.63. The van der Waals surface area contributed by atoms with E-state index in [-0.39, 0.29) is 21.1 Å². The van der Waals surface area contributed by atoms with Gasteiger partial charge in [0.1, 0.15) is 0 Å². The van der Waals surface area contributed by atoms with E-state index in [1.807, 2.05) is 0 Å². The van der Waals surface area contributed by atoms with Gasteiger partial charge in [0, 0.05) is 63.7 Å². The van der Waals surface area contributed by atoms with Gasteiger partial charge in [0.2, 0.25) is 0 Å². The molecule has 0 spiro atoms. The zero-order valence-corrected chi connectivity index (χ0v) is 18.1. The van der Waals surface area contributed by atoms with Crippen LogP contribution in [0.15, 0.2) is 0 Å². The molecule has 0 saturated carbocycles. The zero-order chi connectivity index (χ0) is 19.4. The van der Waals surface area contributed by atoms with Gasteiger partial charge in [-0.1, -0.05) is 0 Å². The third-order valence-electron chi connectivity index (χ3n) is 0.894. The average molecular weight is 544 g/mol. The van der Waals surface area contributed by atoms with Crippen LogP contribution < -0.4 is 0 Å². The molecule has 10 nitrogen and oxygen atoms in total. The molecule has 0 aliphatic carbocycles. The summed E-state index contributed by atoms with van der Waals surface area (Å²) >= 11 is 0. The van der Waals surface area contributed by atoms with E-state index >= 15 is 0 Å². The smallest absolute Gasteiger partial charge is 0 e. The minimum absolute atomic E-state index is 0. The summed E-state index contributed by atoms with van der Waals surface area (Å²) < 4.78 is 58.0. The van der Waals surface area contributed by atoms with E-state index in [1.54, 1.807) is 42.7 Å². The molecule has 0 aromatic carbocycles. The molecule has 134 valence electrons. The maximum Gasteiger partial charge on any atom is 0 e. The van der Waals surface area contributed by atoms with Gasteiger partial charge in [0.15, 0.2) is 0 Å². The average Bonchev–Trinajstić information content (AvgIpc) is 2.65. The normalized spacial score (nSPS) is 6.61. The van der Waals surface area contributed by atoms with E-state index in [4.69, 9.17) is 18.6 Å². The summed E-state index contributed by atoms with van der Waals surface area (Å²) in [6, 6.07) is 0. The summed E-state index contributed by atoms with van der Waals surface area (Å²) in [5.74, 6) is 0. The standard InChI is InChI=1S/2C3H9O3P.4CO.W/c2*1-4-7(5-2)6-3;4*1-2;/h2*1-3H3;;;;;. The second-order valence-electron chi connectivity index (χ2n) is 1.54. The quantitative estimate of drug-likeness (QED) is 0.286. The van der Waals surface area contributed by atoms with E-state index in [0.29, 0.717) is 0 Å². The Labute approximate surface area is 153 Å². The summed E-state index contributed by atoms with van der Waals surface area (Å²) in [5, 5.41) is 0. The van der Waals surface area contributed by atoms with Crippen LogP contribution in [0, 0.1) is 26.6 Å². The summed E-state index contributed by atoms with van der Waals surface area (Å²) in [5.41, 5.74) is 0. The van der Waals surface area contributed by atoms with Gasteiger partial charge in [-0.25, -0.2) is 0 Å². The molecule has 0 fully saturated rings. The fourth-order valence-electron chi connectivity index (χ4n) is 0.447. The van der Waals surface area contributed by atoms with Crippen LogP contribution in [0.1, 0.15) is 0 Å². The molecule has 0 aromatic rings. The van der Waals surface area contributed by atoms with Crippen LogP contribution in [0.5, 0.6) is 0 Å². The Kier molecular flexibility index (Phi) is 127. The summed E-state index contributed by atoms with van der Waals surface area (Å²) in [6.07, 6.45) is 0. The van der Waals surface area contributed by atoms with Gasteiger partial charge < -0.3 is 27.1 Å². The fourth-order valence-corrected chi connectivity index (χ4v) is 1.34. The summed E-state index contributed by atoms with van der Waals surface area (Å²) in [7, 11) is 7.13. The third kappa shape index (κ3) is 60.8. The molecule has 0 rings (SSSR count). The Bertz CT molecular complexity index is 182. The molecule has 0 radical (unpaired) electrons. The van der Waals surface area contributed by atoms with Gasteiger partial charge in [0.05, 0.1) is 0 Å². The minimum atomic E-state index is -1.05. The van der Waals surface area contributed by atoms with Crippen molar-refractivity contribution in [3.63, 3.8) is 0 Å². The molecule has 0 aliphatic heterocycles. The van der Waals surface area contributed by atoms with Gasteiger partial charge in [-0.3, -0.25) is 0 Å². The van der Waals surface area contributed by atoms with Crippen molar-refractivity contribution in [3.05, 3.63) is 26.6 Å². The van der Waals surface area contributed by atoms with Crippen molar-refractivity contribution in [2.75, 3.05) is 42.7 Å². The maximum absolute atomic E-state index is 7.50. The van der Waals surface area contributed by atoms with Crippen molar-refractivity contribution in [2.45, 2.75) is 0 Å². The molecule has 0 amide bonds. The third-order valence-corrected chi connectivity index (χ3v) is 2.68. The number of hydrogen-bond acceptors (Lipinski definition) is 6. The Balaban J connectivity index is -0.0000000301. The van der Waals surface area contributed by atoms with Crippen molar-refractivity contribution < 1.29 is 66.8 Å². The summed E-state index contributed by atoms with van der Waals surface area (Å²) in [6.45, 7) is 18.0. The van der Waals surface area contributed by atoms with E-state index in [9.17, 15) is 0 Å². The van der Waals surface area contributed by atoms with Crippen molar-refractivity contribution in [1.82, 2.24) is 0 Å². The van der Waals surface area contributed by atoms with Crippen molar-refractivity contribution in [2.24, 2.45) is 0 Å². The van der Waals surface area contributed by atoms with Crippen LogP contribution in [0.3, 0.4) is 0 Å². The van der Waals surface area contributed by atoms with E-state index < -0.39 is 17.2 Å². The van der Waals surface area contributed by atoms with Gasteiger partial charge in [-0.05, 0) is 0 Å². The Hall–Kier alpha value is 0.268. The van der Waals surface area contributed by atoms with Crippen LogP contribution in [0.25, 0.3) is 0 Å². The first kappa shape index (κ1) is 43.6. The number of rotatable bonds is 6. The molecule has 0 aliphatic rings. The largest absolute Gasteiger partial charge is 0 e. The monoisotopic (exact) mass is 544 g/mol. The Morgan fingerprint density at radius 3 is 0.522 bits per heavy atom. The van der Waals surface area contributed by atoms with Gasteiger partial charge in [-0.15, -0.1) is 0 Å². The molecule has 0 bridgehead atoms. The van der Waals surface area contributed by atoms with Crippen LogP contribution in [0.4, 0.5) is 0 Å². The molecule has 0 saturated heterocycles. The van der Waals surface area contributed by atoms with Gasteiger partial charge in [0.25, 0.3) is 0 Å². The molecule has 0 atom stereocenters. The van der Waals surface area contributed by atoms with Crippen LogP contribution >= 0.6 is 17.2 Å². The summed E-state index contributed by atoms with van der Waals surface area (Å²) in [4.78, 5) is 0. The fraction of sp³-hybridized carbons (Fsp3) is 0.600. The molecule has 0 heterocycles. The predicted molar refractivity (Wildman–Crippen MR) is 71.6 cm³/mol. The van der Waals surface area contributed by atoms with Crippen LogP contribution in [-0.4, -0.2) is 42.7 Å². The van der Waals surface area contributed by atoms with Gasteiger partial charge >= 0.3 is 62.4 Å². The molecular formula is C10H18O10P2W. The topological polar surface area (TPSA) is 135 Å². The molecule has 0 unspecified atom stereocenters. The zero-order valence-electron chi connectivity index (χ0n) is 13.4. The van der Waals surface area contributed by atoms with Gasteiger partial charge in [-0.2, -0.15) is 0 Å². The second kappa shape index (κ2) is 66.9. The molecule has 0 N–H and O–H groups in total. The van der Waals surface area contributed by atoms with E-state index in [0.717, 1.165) is 0 Å². The van der Waals surface area contributed by atoms with E-state index in [2.05, 4.69) is 53.7 Å². The first-order valence-electron chi connectivity index (χ1n) is 4.36. The van der Waals surface area contributed by atoms with Crippen molar-refractivity contribution in [3.8, 4) is 0 Å². The SMILES string of the molecule is COP(OC)OC.COP(OC)OC.[C-]#[O+].[C-]#[O+].[C-]#[O+].[C-]#[O+].[W]. The minimum Gasteiger partial charge on any atom is 0 e. The molecular weight excluding hydrogens is 526 g/mol. The predicted octanol–water partition coefficient (Wildman–Crippen LogP) is 2.15. The first-order chi connectivity index (χ1) is 10.7. The Morgan fingerprint density at radius 2 is 0.522 bits per heavy atom. The van der Waals surface area contributed by atoms with E-state index in [1.165, 1.54) is 0 Å². The first-order valence-corrected chi connectivity index (χ1v) is 6.55. The molecule has 23 heavy (non-hydrogen) atoms. The van der Waals surface area contributed by atoms with Crippen molar-refractivity contribution >= 4 is 17.2 Å². The molecule has 0 aromatic heterocycles. The van der Waals surface area contributed by atoms with Crippen LogP contribution in [0.2, 0.25) is 0 Å². The van der Waals surface area contributed by atoms with Crippen molar-refractivity contribution in [1.29, 1.82) is 0 Å².